The first kappa shape index (κ1) is 26.2. The van der Waals surface area contributed by atoms with E-state index in [0.717, 1.165) is 20.9 Å². The molecule has 0 spiro atoms. The van der Waals surface area contributed by atoms with Crippen LogP contribution in [-0.2, 0) is 36.7 Å². The Hall–Kier alpha value is -3.44. The van der Waals surface area contributed by atoms with Gasteiger partial charge >= 0.3 is 5.97 Å². The van der Waals surface area contributed by atoms with E-state index < -0.39 is 46.7 Å². The topological polar surface area (TPSA) is 119 Å². The summed E-state index contributed by atoms with van der Waals surface area (Å²) in [6.45, 7) is 1.45. The smallest absolute Gasteiger partial charge is 0.356 e. The largest absolute Gasteiger partial charge is 0.614 e. The number of β-lactam (4-membered cyclic amide) rings is 1. The molecule has 10 heteroatoms. The third kappa shape index (κ3) is 5.12. The number of amides is 2. The van der Waals surface area contributed by atoms with E-state index in [2.05, 4.69) is 5.32 Å². The van der Waals surface area contributed by atoms with Gasteiger partial charge in [-0.15, -0.1) is 11.3 Å². The van der Waals surface area contributed by atoms with E-state index in [1.54, 1.807) is 0 Å². The number of rotatable bonds is 8. The van der Waals surface area contributed by atoms with E-state index in [4.69, 9.17) is 4.74 Å². The van der Waals surface area contributed by atoms with Crippen LogP contribution in [0.4, 0.5) is 0 Å². The summed E-state index contributed by atoms with van der Waals surface area (Å²) >= 11 is -0.214. The summed E-state index contributed by atoms with van der Waals surface area (Å²) in [5, 5.41) is 14.1. The predicted octanol–water partition coefficient (Wildman–Crippen LogP) is 2.67. The molecule has 8 nitrogen and oxygen atoms in total. The lowest BCUT2D eigenvalue weighted by Crippen LogP contribution is -2.75. The van der Waals surface area contributed by atoms with Crippen LogP contribution in [0.3, 0.4) is 0 Å². The number of aliphatic hydroxyl groups excluding tert-OH is 1. The van der Waals surface area contributed by atoms with Crippen molar-refractivity contribution >= 4 is 40.3 Å². The quantitative estimate of drug-likeness (QED) is 0.253. The van der Waals surface area contributed by atoms with Crippen LogP contribution in [0, 0.1) is 0 Å². The molecule has 0 bridgehead atoms. The summed E-state index contributed by atoms with van der Waals surface area (Å²) < 4.78 is 19.1. The van der Waals surface area contributed by atoms with Gasteiger partial charge in [0.2, 0.25) is 11.3 Å². The van der Waals surface area contributed by atoms with E-state index in [0.29, 0.717) is 0 Å². The number of hydrogen-bond donors (Lipinski definition) is 2. The van der Waals surface area contributed by atoms with Crippen molar-refractivity contribution in [2.45, 2.75) is 37.0 Å². The average Bonchev–Trinajstić information content (AvgIpc) is 3.43. The fourth-order valence-electron chi connectivity index (χ4n) is 4.66. The van der Waals surface area contributed by atoms with Crippen molar-refractivity contribution in [2.75, 3.05) is 5.75 Å². The number of ether oxygens (including phenoxy) is 1. The van der Waals surface area contributed by atoms with Crippen LogP contribution in [0.15, 0.2) is 89.4 Å². The summed E-state index contributed by atoms with van der Waals surface area (Å²) in [5.74, 6) is -1.86. The van der Waals surface area contributed by atoms with Crippen LogP contribution in [0.1, 0.15) is 29.0 Å². The number of nitrogens with zero attached hydrogens (tertiary/aromatic N) is 1. The predicted molar refractivity (Wildman–Crippen MR) is 143 cm³/mol. The summed E-state index contributed by atoms with van der Waals surface area (Å²) in [6, 6.07) is 21.0. The van der Waals surface area contributed by atoms with Crippen molar-refractivity contribution < 1.29 is 28.8 Å². The number of benzene rings is 2. The molecule has 2 unspecified atom stereocenters. The molecule has 3 heterocycles. The number of nitrogens with one attached hydrogen (secondary N) is 1. The van der Waals surface area contributed by atoms with Gasteiger partial charge < -0.3 is 19.7 Å². The van der Waals surface area contributed by atoms with E-state index in [-0.39, 0.29) is 29.4 Å². The maximum Gasteiger partial charge on any atom is 0.356 e. The molecule has 0 radical (unpaired) electrons. The zero-order valence-electron chi connectivity index (χ0n) is 20.5. The summed E-state index contributed by atoms with van der Waals surface area (Å²) in [4.78, 5) is 41.5. The number of aliphatic hydroxyl groups is 1. The fourth-order valence-corrected chi connectivity index (χ4v) is 7.15. The highest BCUT2D eigenvalue weighted by Crippen LogP contribution is 2.39. The maximum atomic E-state index is 13.7. The molecule has 4 atom stereocenters. The molecule has 0 saturated carbocycles. The number of esters is 1. The average molecular weight is 551 g/mol. The maximum absolute atomic E-state index is 13.7. The van der Waals surface area contributed by atoms with Gasteiger partial charge in [0, 0.05) is 10.5 Å². The van der Waals surface area contributed by atoms with Crippen LogP contribution in [0.2, 0.25) is 0 Å². The molecular formula is C28H26N2O6S2. The molecule has 0 aliphatic carbocycles. The Bertz CT molecular complexity index is 1300. The molecule has 2 aromatic carbocycles. The second-order valence-corrected chi connectivity index (χ2v) is 11.6. The first-order chi connectivity index (χ1) is 18.3. The third-order valence-electron chi connectivity index (χ3n) is 6.51. The molecular weight excluding hydrogens is 524 g/mol. The molecule has 1 fully saturated rings. The summed E-state index contributed by atoms with van der Waals surface area (Å²) in [6.07, 6.45) is -1.80. The molecule has 38 heavy (non-hydrogen) atoms. The lowest BCUT2D eigenvalue weighted by molar-refractivity contribution is -0.155. The van der Waals surface area contributed by atoms with Gasteiger partial charge in [-0.25, -0.2) is 4.79 Å². The second-order valence-electron chi connectivity index (χ2n) is 9.08. The van der Waals surface area contributed by atoms with Crippen molar-refractivity contribution in [3.63, 3.8) is 0 Å². The van der Waals surface area contributed by atoms with Gasteiger partial charge in [0.15, 0.2) is 12.1 Å². The monoisotopic (exact) mass is 550 g/mol. The molecule has 2 amide bonds. The minimum Gasteiger partial charge on any atom is -0.614 e. The highest BCUT2D eigenvalue weighted by Gasteiger charge is 2.61. The van der Waals surface area contributed by atoms with Crippen molar-refractivity contribution in [1.82, 2.24) is 10.2 Å². The van der Waals surface area contributed by atoms with Gasteiger partial charge in [0.25, 0.3) is 5.91 Å². The van der Waals surface area contributed by atoms with Crippen molar-refractivity contribution in [1.29, 1.82) is 0 Å². The molecule has 2 aliphatic rings. The third-order valence-corrected chi connectivity index (χ3v) is 9.01. The van der Waals surface area contributed by atoms with Crippen LogP contribution in [0.25, 0.3) is 0 Å². The van der Waals surface area contributed by atoms with E-state index in [9.17, 15) is 24.0 Å². The summed E-state index contributed by atoms with van der Waals surface area (Å²) in [7, 11) is 0. The fraction of sp³-hybridized carbons (Fsp3) is 0.250. The Morgan fingerprint density at radius 1 is 1.11 bits per heavy atom. The Morgan fingerprint density at radius 3 is 2.29 bits per heavy atom. The number of carbonyl (C=O) groups excluding carboxylic acids is 3. The molecule has 1 saturated heterocycles. The van der Waals surface area contributed by atoms with E-state index >= 15 is 0 Å². The molecule has 5 rings (SSSR count). The zero-order valence-corrected chi connectivity index (χ0v) is 22.1. The lowest BCUT2D eigenvalue weighted by atomic mass is 9.99. The summed E-state index contributed by atoms with van der Waals surface area (Å²) in [5.41, 5.74) is 1.52. The first-order valence-corrected chi connectivity index (χ1v) is 14.3. The van der Waals surface area contributed by atoms with Gasteiger partial charge in [-0.3, -0.25) is 14.5 Å². The molecule has 3 aromatic rings. The van der Waals surface area contributed by atoms with E-state index in [1.807, 2.05) is 78.2 Å². The molecule has 196 valence electrons. The standard InChI is InChI=1S/C28H26N2O6S2/c1-17(31)21-16-38(35)27-23(29-22(32)15-20-13-8-14-37-20)26(33)30(27)24(21)28(34)36-25(18-9-4-2-5-10-18)19-11-6-3-7-12-19/h2-14,17,23,25,27,31H,15-16H2,1H3,(H,29,32)/t17?,23-,27-,38?/m1/s1. The SMILES string of the molecule is CC(O)C1=C(C(=O)OC(c2ccccc2)c2ccccc2)N2C(=O)[C@@H](NC(=O)Cc3cccs3)[C@H]2[S+]([O-])C1. The molecule has 2 N–H and O–H groups in total. The normalized spacial score (nSPS) is 21.5. The van der Waals surface area contributed by atoms with E-state index in [1.165, 1.54) is 18.3 Å². The van der Waals surface area contributed by atoms with Crippen molar-refractivity contribution in [3.05, 3.63) is 105 Å². The van der Waals surface area contributed by atoms with Crippen molar-refractivity contribution in [3.8, 4) is 0 Å². The van der Waals surface area contributed by atoms with Crippen LogP contribution in [-0.4, -0.2) is 55.6 Å². The zero-order chi connectivity index (χ0) is 26.8. The number of carbonyl (C=O) groups is 3. The van der Waals surface area contributed by atoms with Gasteiger partial charge in [-0.2, -0.15) is 0 Å². The minimum absolute atomic E-state index is 0.0975. The Balaban J connectivity index is 1.42. The van der Waals surface area contributed by atoms with Crippen molar-refractivity contribution in [2.24, 2.45) is 0 Å². The van der Waals surface area contributed by atoms with Crippen LogP contribution >= 0.6 is 11.3 Å². The Labute approximate surface area is 227 Å². The van der Waals surface area contributed by atoms with Gasteiger partial charge in [0.05, 0.1) is 12.5 Å². The van der Waals surface area contributed by atoms with Gasteiger partial charge in [0.1, 0.15) is 11.4 Å². The van der Waals surface area contributed by atoms with Crippen LogP contribution in [0.5, 0.6) is 0 Å². The molecule has 1 aromatic heterocycles. The molecule has 2 aliphatic heterocycles. The Morgan fingerprint density at radius 2 is 1.74 bits per heavy atom. The highest BCUT2D eigenvalue weighted by molar-refractivity contribution is 7.92. The van der Waals surface area contributed by atoms with Gasteiger partial charge in [-0.05, 0) is 40.7 Å². The first-order valence-electron chi connectivity index (χ1n) is 12.1. The van der Waals surface area contributed by atoms with Gasteiger partial charge in [-0.1, -0.05) is 66.7 Å². The number of fused-ring (bicyclic) bond motifs is 1. The Kier molecular flexibility index (Phi) is 7.66. The number of hydrogen-bond acceptors (Lipinski definition) is 7. The highest BCUT2D eigenvalue weighted by atomic mass is 32.2. The minimum atomic E-state index is -1.64. The lowest BCUT2D eigenvalue weighted by Gasteiger charge is -2.49. The van der Waals surface area contributed by atoms with Crippen LogP contribution < -0.4 is 5.32 Å². The second kappa shape index (κ2) is 11.1. The number of thiophene rings is 1.